The molecule has 1 aliphatic rings. The van der Waals surface area contributed by atoms with E-state index in [9.17, 15) is 9.59 Å². The second kappa shape index (κ2) is 13.1. The van der Waals surface area contributed by atoms with E-state index in [4.69, 9.17) is 37.7 Å². The van der Waals surface area contributed by atoms with E-state index in [1.807, 2.05) is 91.0 Å². The predicted octanol–water partition coefficient (Wildman–Crippen LogP) is 6.82. The number of fused-ring (bicyclic) bond motifs is 1. The quantitative estimate of drug-likeness (QED) is 0.175. The lowest BCUT2D eigenvalue weighted by atomic mass is 9.93. The van der Waals surface area contributed by atoms with Gasteiger partial charge in [0.2, 0.25) is 0 Å². The molecule has 0 amide bonds. The van der Waals surface area contributed by atoms with Gasteiger partial charge in [0.1, 0.15) is 12.4 Å². The Kier molecular flexibility index (Phi) is 8.79. The standard InChI is InChI=1S/C35H26Cl2N2O4S/c1-2-42-34(41)30-31(22-11-5-3-6-12-22)38-35-39(32(30)23-13-7-4-8-14-23)33(40)29(44-35)19-24-15-9-10-16-28(24)43-21-25-17-18-26(36)20-27(25)37/h3-20,32H,2,21H2,1H3/b29-19+/t32-/m1/s1. The maximum absolute atomic E-state index is 14.2. The Balaban J connectivity index is 1.50. The predicted molar refractivity (Wildman–Crippen MR) is 175 cm³/mol. The van der Waals surface area contributed by atoms with Crippen LogP contribution in [-0.2, 0) is 16.1 Å². The van der Waals surface area contributed by atoms with Gasteiger partial charge in [-0.2, -0.15) is 0 Å². The summed E-state index contributed by atoms with van der Waals surface area (Å²) in [7, 11) is 0. The molecule has 220 valence electrons. The minimum atomic E-state index is -0.734. The van der Waals surface area contributed by atoms with Crippen LogP contribution in [-0.4, -0.2) is 17.1 Å². The molecular weight excluding hydrogens is 615 g/mol. The van der Waals surface area contributed by atoms with Crippen molar-refractivity contribution in [2.24, 2.45) is 4.99 Å². The molecule has 44 heavy (non-hydrogen) atoms. The molecule has 4 aromatic carbocycles. The molecule has 5 aromatic rings. The number of nitrogens with zero attached hydrogens (tertiary/aromatic N) is 2. The van der Waals surface area contributed by atoms with Crippen LogP contribution in [0.4, 0.5) is 0 Å². The van der Waals surface area contributed by atoms with Crippen LogP contribution in [0.5, 0.6) is 5.75 Å². The van der Waals surface area contributed by atoms with Crippen molar-refractivity contribution in [3.8, 4) is 5.75 Å². The van der Waals surface area contributed by atoms with Gasteiger partial charge in [-0.15, -0.1) is 0 Å². The monoisotopic (exact) mass is 640 g/mol. The number of benzene rings is 4. The Morgan fingerprint density at radius 1 is 0.955 bits per heavy atom. The molecule has 1 aliphatic heterocycles. The first-order chi connectivity index (χ1) is 21.4. The van der Waals surface area contributed by atoms with Gasteiger partial charge in [0.05, 0.1) is 28.5 Å². The Morgan fingerprint density at radius 2 is 1.66 bits per heavy atom. The van der Waals surface area contributed by atoms with Gasteiger partial charge >= 0.3 is 5.97 Å². The second-order valence-corrected chi connectivity index (χ2v) is 11.8. The molecular formula is C35H26Cl2N2O4S. The number of aromatic nitrogens is 1. The normalized spacial score (nSPS) is 14.6. The summed E-state index contributed by atoms with van der Waals surface area (Å²) in [5.74, 6) is 0.0685. The van der Waals surface area contributed by atoms with Crippen molar-refractivity contribution >= 4 is 52.3 Å². The Labute approximate surface area is 267 Å². The lowest BCUT2D eigenvalue weighted by Gasteiger charge is -2.25. The number of hydrogen-bond donors (Lipinski definition) is 0. The van der Waals surface area contributed by atoms with Crippen LogP contribution >= 0.6 is 34.5 Å². The number of carbonyl (C=O) groups excluding carboxylic acids is 1. The summed E-state index contributed by atoms with van der Waals surface area (Å²) in [5.41, 5.74) is 3.55. The molecule has 0 unspecified atom stereocenters. The lowest BCUT2D eigenvalue weighted by Crippen LogP contribution is -2.40. The van der Waals surface area contributed by atoms with Crippen LogP contribution in [0.25, 0.3) is 11.8 Å². The topological polar surface area (TPSA) is 69.9 Å². The molecule has 0 fully saturated rings. The molecule has 6 nitrogen and oxygen atoms in total. The molecule has 2 heterocycles. The van der Waals surface area contributed by atoms with Gasteiger partial charge in [-0.1, -0.05) is 119 Å². The van der Waals surface area contributed by atoms with Gasteiger partial charge in [0, 0.05) is 26.7 Å². The summed E-state index contributed by atoms with van der Waals surface area (Å²) < 4.78 is 13.7. The van der Waals surface area contributed by atoms with E-state index in [0.29, 0.717) is 42.0 Å². The van der Waals surface area contributed by atoms with Crippen molar-refractivity contribution in [1.29, 1.82) is 0 Å². The molecule has 1 atom stereocenters. The van der Waals surface area contributed by atoms with E-state index in [1.54, 1.807) is 29.7 Å². The van der Waals surface area contributed by atoms with E-state index < -0.39 is 12.0 Å². The van der Waals surface area contributed by atoms with E-state index in [2.05, 4.69) is 0 Å². The Hall–Kier alpha value is -4.43. The van der Waals surface area contributed by atoms with Crippen molar-refractivity contribution < 1.29 is 14.3 Å². The number of rotatable bonds is 8. The first kappa shape index (κ1) is 29.6. The fourth-order valence-electron chi connectivity index (χ4n) is 5.06. The summed E-state index contributed by atoms with van der Waals surface area (Å²) in [6.45, 7) is 2.17. The minimum Gasteiger partial charge on any atom is -0.488 e. The zero-order valence-corrected chi connectivity index (χ0v) is 25.9. The zero-order chi connectivity index (χ0) is 30.6. The summed E-state index contributed by atoms with van der Waals surface area (Å²) in [6, 6.07) is 30.9. The maximum atomic E-state index is 14.2. The highest BCUT2D eigenvalue weighted by Crippen LogP contribution is 2.35. The molecule has 6 rings (SSSR count). The molecule has 0 spiro atoms. The SMILES string of the molecule is CCOC(=O)C1=C(c2ccccc2)N=c2s/c(=C/c3ccccc3OCc3ccc(Cl)cc3Cl)c(=O)n2[C@@H]1c1ccccc1. The number of halogens is 2. The Morgan fingerprint density at radius 3 is 2.39 bits per heavy atom. The van der Waals surface area contributed by atoms with Gasteiger partial charge in [-0.25, -0.2) is 9.79 Å². The molecule has 0 bridgehead atoms. The molecule has 0 radical (unpaired) electrons. The van der Waals surface area contributed by atoms with Crippen LogP contribution in [0.1, 0.15) is 35.2 Å². The maximum Gasteiger partial charge on any atom is 0.338 e. The highest BCUT2D eigenvalue weighted by Gasteiger charge is 2.35. The summed E-state index contributed by atoms with van der Waals surface area (Å²) in [6.07, 6.45) is 1.79. The van der Waals surface area contributed by atoms with Crippen LogP contribution < -0.4 is 19.6 Å². The summed E-state index contributed by atoms with van der Waals surface area (Å²) in [5, 5.41) is 1.06. The summed E-state index contributed by atoms with van der Waals surface area (Å²) >= 11 is 13.7. The molecule has 0 N–H and O–H groups in total. The van der Waals surface area contributed by atoms with Crippen LogP contribution in [0.3, 0.4) is 0 Å². The van der Waals surface area contributed by atoms with Gasteiger partial charge in [0.25, 0.3) is 5.56 Å². The van der Waals surface area contributed by atoms with Gasteiger partial charge in [-0.3, -0.25) is 9.36 Å². The van der Waals surface area contributed by atoms with Gasteiger partial charge < -0.3 is 9.47 Å². The molecule has 0 aliphatic carbocycles. The molecule has 1 aromatic heterocycles. The number of thiazole rings is 1. The first-order valence-electron chi connectivity index (χ1n) is 13.9. The fraction of sp³-hybridized carbons (Fsp3) is 0.114. The van der Waals surface area contributed by atoms with Crippen LogP contribution in [0.15, 0.2) is 118 Å². The average molecular weight is 642 g/mol. The number of carbonyl (C=O) groups is 1. The van der Waals surface area contributed by atoms with Crippen LogP contribution in [0.2, 0.25) is 10.0 Å². The highest BCUT2D eigenvalue weighted by atomic mass is 35.5. The van der Waals surface area contributed by atoms with Crippen molar-refractivity contribution in [2.45, 2.75) is 19.6 Å². The van der Waals surface area contributed by atoms with Crippen molar-refractivity contribution in [3.05, 3.63) is 161 Å². The third-order valence-electron chi connectivity index (χ3n) is 7.09. The summed E-state index contributed by atoms with van der Waals surface area (Å²) in [4.78, 5) is 33.1. The third-order valence-corrected chi connectivity index (χ3v) is 8.66. The van der Waals surface area contributed by atoms with E-state index in [1.165, 1.54) is 11.3 Å². The first-order valence-corrected chi connectivity index (χ1v) is 15.5. The minimum absolute atomic E-state index is 0.189. The number of esters is 1. The van der Waals surface area contributed by atoms with Crippen molar-refractivity contribution in [3.63, 3.8) is 0 Å². The molecule has 9 heteroatoms. The van der Waals surface area contributed by atoms with E-state index in [-0.39, 0.29) is 18.8 Å². The van der Waals surface area contributed by atoms with Gasteiger partial charge in [0.15, 0.2) is 4.80 Å². The van der Waals surface area contributed by atoms with Gasteiger partial charge in [-0.05, 0) is 36.8 Å². The number of para-hydroxylation sites is 1. The number of hydrogen-bond acceptors (Lipinski definition) is 6. The largest absolute Gasteiger partial charge is 0.488 e. The molecule has 0 saturated carbocycles. The number of ether oxygens (including phenoxy) is 2. The second-order valence-electron chi connectivity index (χ2n) is 9.90. The van der Waals surface area contributed by atoms with Crippen molar-refractivity contribution in [2.75, 3.05) is 6.61 Å². The van der Waals surface area contributed by atoms with E-state index >= 15 is 0 Å². The van der Waals surface area contributed by atoms with Crippen LogP contribution in [0, 0.1) is 0 Å². The zero-order valence-electron chi connectivity index (χ0n) is 23.6. The smallest absolute Gasteiger partial charge is 0.338 e. The highest BCUT2D eigenvalue weighted by molar-refractivity contribution is 7.07. The average Bonchev–Trinajstić information content (AvgIpc) is 3.35. The van der Waals surface area contributed by atoms with E-state index in [0.717, 1.165) is 16.7 Å². The lowest BCUT2D eigenvalue weighted by molar-refractivity contribution is -0.138. The Bertz CT molecular complexity index is 2050. The fourth-order valence-corrected chi connectivity index (χ4v) is 6.51. The molecule has 0 saturated heterocycles. The third kappa shape index (κ3) is 5.99. The van der Waals surface area contributed by atoms with Crippen molar-refractivity contribution in [1.82, 2.24) is 4.57 Å².